The lowest BCUT2D eigenvalue weighted by Gasteiger charge is -2.13. The third kappa shape index (κ3) is 18.0. The highest BCUT2D eigenvalue weighted by Gasteiger charge is 2.30. The molecule has 2 rings (SSSR count). The first-order valence-corrected chi connectivity index (χ1v) is 15.1. The normalized spacial score (nSPS) is 11.4. The Balaban J connectivity index is 1.39. The Labute approximate surface area is 267 Å². The van der Waals surface area contributed by atoms with E-state index in [4.69, 9.17) is 37.9 Å². The van der Waals surface area contributed by atoms with Gasteiger partial charge in [0, 0.05) is 12.1 Å². The van der Waals surface area contributed by atoms with E-state index in [9.17, 15) is 22.8 Å². The SMILES string of the molecule is CCCC(=O)OCCOCCOCCOCCOCCOCCOCCOC(=O)c1ccccc1Nc1cccc(C(F)(F)F)c1. The van der Waals surface area contributed by atoms with Gasteiger partial charge in [0.05, 0.1) is 96.1 Å². The number of benzene rings is 2. The van der Waals surface area contributed by atoms with E-state index in [1.54, 1.807) is 18.2 Å². The van der Waals surface area contributed by atoms with Crippen molar-refractivity contribution in [3.05, 3.63) is 59.7 Å². The summed E-state index contributed by atoms with van der Waals surface area (Å²) in [5.74, 6) is -0.843. The lowest BCUT2D eigenvalue weighted by Crippen LogP contribution is -2.16. The topological polar surface area (TPSA) is 120 Å². The van der Waals surface area contributed by atoms with Crippen molar-refractivity contribution in [3.63, 3.8) is 0 Å². The number of rotatable bonds is 26. The summed E-state index contributed by atoms with van der Waals surface area (Å²) in [6.07, 6.45) is -3.29. The largest absolute Gasteiger partial charge is 0.463 e. The molecule has 0 aliphatic heterocycles. The van der Waals surface area contributed by atoms with Crippen LogP contribution in [0.25, 0.3) is 0 Å². The van der Waals surface area contributed by atoms with Crippen LogP contribution in [0.2, 0.25) is 0 Å². The summed E-state index contributed by atoms with van der Waals surface area (Å²) in [6, 6.07) is 11.1. The van der Waals surface area contributed by atoms with Gasteiger partial charge in [0.25, 0.3) is 0 Å². The summed E-state index contributed by atoms with van der Waals surface area (Å²) in [7, 11) is 0. The van der Waals surface area contributed by atoms with Gasteiger partial charge in [-0.2, -0.15) is 13.2 Å². The molecule has 0 aliphatic carbocycles. The summed E-state index contributed by atoms with van der Waals surface area (Å²) in [6.45, 7) is 6.63. The Morgan fingerprint density at radius 1 is 0.630 bits per heavy atom. The van der Waals surface area contributed by atoms with Crippen LogP contribution in [-0.4, -0.2) is 104 Å². The number of esters is 2. The third-order valence-electron chi connectivity index (χ3n) is 5.88. The zero-order valence-electron chi connectivity index (χ0n) is 26.1. The molecule has 0 radical (unpaired) electrons. The molecular formula is C32H44F3NO10. The van der Waals surface area contributed by atoms with Gasteiger partial charge in [0.2, 0.25) is 0 Å². The second-order valence-corrected chi connectivity index (χ2v) is 9.53. The number of carbonyl (C=O) groups is 2. The Bertz CT molecular complexity index is 1120. The van der Waals surface area contributed by atoms with Crippen LogP contribution < -0.4 is 5.32 Å². The van der Waals surface area contributed by atoms with Gasteiger partial charge in [-0.25, -0.2) is 4.79 Å². The summed E-state index contributed by atoms with van der Waals surface area (Å²) in [4.78, 5) is 23.7. The van der Waals surface area contributed by atoms with Gasteiger partial charge in [-0.3, -0.25) is 4.79 Å². The highest BCUT2D eigenvalue weighted by Crippen LogP contribution is 2.32. The van der Waals surface area contributed by atoms with Crippen molar-refractivity contribution >= 4 is 23.3 Å². The van der Waals surface area contributed by atoms with Crippen LogP contribution in [0.4, 0.5) is 24.5 Å². The summed E-state index contributed by atoms with van der Waals surface area (Å²) >= 11 is 0. The molecule has 0 saturated heterocycles. The lowest BCUT2D eigenvalue weighted by molar-refractivity contribution is -0.145. The molecule has 0 saturated carbocycles. The number of hydrogen-bond donors (Lipinski definition) is 1. The minimum Gasteiger partial charge on any atom is -0.463 e. The highest BCUT2D eigenvalue weighted by molar-refractivity contribution is 5.96. The second kappa shape index (κ2) is 24.0. The molecule has 0 bridgehead atoms. The molecule has 46 heavy (non-hydrogen) atoms. The molecule has 0 unspecified atom stereocenters. The molecule has 0 heterocycles. The number of para-hydroxylation sites is 1. The molecule has 0 aromatic heterocycles. The summed E-state index contributed by atoms with van der Waals surface area (Å²) < 4.78 is 81.7. The molecule has 1 N–H and O–H groups in total. The number of halogens is 3. The van der Waals surface area contributed by atoms with Crippen LogP contribution in [0.3, 0.4) is 0 Å². The number of carbonyl (C=O) groups excluding carboxylic acids is 2. The quantitative estimate of drug-likeness (QED) is 0.108. The van der Waals surface area contributed by atoms with E-state index in [1.807, 2.05) is 6.92 Å². The predicted octanol–water partition coefficient (Wildman–Crippen LogP) is 5.05. The van der Waals surface area contributed by atoms with Gasteiger partial charge in [-0.1, -0.05) is 25.1 Å². The monoisotopic (exact) mass is 659 g/mol. The van der Waals surface area contributed by atoms with Gasteiger partial charge in [0.15, 0.2) is 0 Å². The minimum atomic E-state index is -4.48. The van der Waals surface area contributed by atoms with E-state index in [1.165, 1.54) is 18.2 Å². The lowest BCUT2D eigenvalue weighted by atomic mass is 10.1. The van der Waals surface area contributed by atoms with Gasteiger partial charge < -0.3 is 43.2 Å². The van der Waals surface area contributed by atoms with Crippen molar-refractivity contribution in [3.8, 4) is 0 Å². The zero-order valence-corrected chi connectivity index (χ0v) is 26.1. The number of alkyl halides is 3. The van der Waals surface area contributed by atoms with Crippen LogP contribution in [-0.2, 0) is 48.9 Å². The van der Waals surface area contributed by atoms with E-state index >= 15 is 0 Å². The fourth-order valence-corrected chi connectivity index (χ4v) is 3.66. The predicted molar refractivity (Wildman–Crippen MR) is 162 cm³/mol. The molecule has 11 nitrogen and oxygen atoms in total. The van der Waals surface area contributed by atoms with Crippen molar-refractivity contribution in [1.82, 2.24) is 0 Å². The number of hydrogen-bond acceptors (Lipinski definition) is 11. The molecule has 0 aliphatic rings. The van der Waals surface area contributed by atoms with Crippen molar-refractivity contribution in [2.24, 2.45) is 0 Å². The van der Waals surface area contributed by atoms with Crippen molar-refractivity contribution in [2.75, 3.05) is 97.8 Å². The van der Waals surface area contributed by atoms with Crippen LogP contribution in [0.5, 0.6) is 0 Å². The van der Waals surface area contributed by atoms with Crippen LogP contribution >= 0.6 is 0 Å². The maximum absolute atomic E-state index is 13.0. The van der Waals surface area contributed by atoms with Gasteiger partial charge in [-0.15, -0.1) is 0 Å². The van der Waals surface area contributed by atoms with E-state index in [-0.39, 0.29) is 37.0 Å². The van der Waals surface area contributed by atoms with Crippen molar-refractivity contribution < 1.29 is 60.7 Å². The van der Waals surface area contributed by atoms with E-state index in [0.717, 1.165) is 18.6 Å². The average molecular weight is 660 g/mol. The molecule has 0 atom stereocenters. The number of anilines is 2. The molecule has 0 amide bonds. The van der Waals surface area contributed by atoms with Gasteiger partial charge in [-0.05, 0) is 36.8 Å². The van der Waals surface area contributed by atoms with E-state index < -0.39 is 17.7 Å². The Kier molecular flexibility index (Phi) is 20.3. The van der Waals surface area contributed by atoms with Crippen LogP contribution in [0, 0.1) is 0 Å². The van der Waals surface area contributed by atoms with Gasteiger partial charge in [0.1, 0.15) is 13.2 Å². The summed E-state index contributed by atoms with van der Waals surface area (Å²) in [5.41, 5.74) is -0.0981. The highest BCUT2D eigenvalue weighted by atomic mass is 19.4. The Hall–Kier alpha value is -3.27. The number of ether oxygens (including phenoxy) is 8. The van der Waals surface area contributed by atoms with Crippen molar-refractivity contribution in [1.29, 1.82) is 0 Å². The molecule has 2 aromatic rings. The molecule has 258 valence electrons. The minimum absolute atomic E-state index is 0.00352. The molecule has 0 spiro atoms. The molecule has 14 heteroatoms. The molecular weight excluding hydrogens is 615 g/mol. The maximum Gasteiger partial charge on any atom is 0.416 e. The molecule has 2 aromatic carbocycles. The maximum atomic E-state index is 13.0. The van der Waals surface area contributed by atoms with E-state index in [2.05, 4.69) is 5.32 Å². The van der Waals surface area contributed by atoms with Crippen LogP contribution in [0.15, 0.2) is 48.5 Å². The molecule has 0 fully saturated rings. The first-order valence-electron chi connectivity index (χ1n) is 15.1. The second-order valence-electron chi connectivity index (χ2n) is 9.53. The Morgan fingerprint density at radius 3 is 1.61 bits per heavy atom. The smallest absolute Gasteiger partial charge is 0.416 e. The summed E-state index contributed by atoms with van der Waals surface area (Å²) in [5, 5.41) is 2.85. The standard InChI is InChI=1S/C32H44F3NO10/c1-2-6-30(37)45-23-21-43-19-17-41-15-13-39-11-12-40-14-16-42-18-20-44-22-24-46-31(38)28-9-3-4-10-29(28)36-27-8-5-7-26(25-27)32(33,34)35/h3-5,7-10,25,36H,2,6,11-24H2,1H3. The third-order valence-corrected chi connectivity index (χ3v) is 5.88. The first kappa shape index (κ1) is 38.9. The van der Waals surface area contributed by atoms with Gasteiger partial charge >= 0.3 is 18.1 Å². The van der Waals surface area contributed by atoms with Crippen molar-refractivity contribution in [2.45, 2.75) is 25.9 Å². The number of nitrogens with one attached hydrogen (secondary N) is 1. The Morgan fingerprint density at radius 2 is 1.11 bits per heavy atom. The van der Waals surface area contributed by atoms with Crippen LogP contribution in [0.1, 0.15) is 35.7 Å². The first-order chi connectivity index (χ1) is 22.3. The average Bonchev–Trinajstić information content (AvgIpc) is 3.03. The fraction of sp³-hybridized carbons (Fsp3) is 0.562. The fourth-order valence-electron chi connectivity index (χ4n) is 3.66. The zero-order chi connectivity index (χ0) is 33.3. The van der Waals surface area contributed by atoms with E-state index in [0.29, 0.717) is 84.8 Å².